The number of hydrogen-bond acceptors (Lipinski definition) is 3. The molecule has 2 N–H and O–H groups in total. The van der Waals surface area contributed by atoms with Crippen molar-refractivity contribution >= 4 is 34.6 Å². The summed E-state index contributed by atoms with van der Waals surface area (Å²) in [4.78, 5) is 2.46. The molecule has 2 aromatic rings. The van der Waals surface area contributed by atoms with E-state index in [0.29, 0.717) is 10.1 Å². The average molecular weight is 390 g/mol. The Kier molecular flexibility index (Phi) is 6.86. The average Bonchev–Trinajstić information content (AvgIpc) is 2.65. The fourth-order valence-corrected chi connectivity index (χ4v) is 3.74. The van der Waals surface area contributed by atoms with Crippen molar-refractivity contribution in [2.45, 2.75) is 19.0 Å². The van der Waals surface area contributed by atoms with E-state index >= 15 is 0 Å². The molecule has 3 rings (SSSR count). The van der Waals surface area contributed by atoms with E-state index < -0.39 is 0 Å². The molecule has 0 aromatic heterocycles. The zero-order chi connectivity index (χ0) is 18.4. The summed E-state index contributed by atoms with van der Waals surface area (Å²) in [5, 5.41) is 7.98. The van der Waals surface area contributed by atoms with Gasteiger partial charge in [-0.2, -0.15) is 0 Å². The van der Waals surface area contributed by atoms with Gasteiger partial charge >= 0.3 is 0 Å². The van der Waals surface area contributed by atoms with Crippen molar-refractivity contribution in [2.24, 2.45) is 0 Å². The fraction of sp³-hybridized carbons (Fsp3) is 0.350. The van der Waals surface area contributed by atoms with E-state index in [1.165, 1.54) is 5.56 Å². The molecule has 0 radical (unpaired) electrons. The summed E-state index contributed by atoms with van der Waals surface area (Å²) in [5.74, 6) is 0. The van der Waals surface area contributed by atoms with Gasteiger partial charge in [0.15, 0.2) is 5.11 Å². The van der Waals surface area contributed by atoms with Gasteiger partial charge in [-0.15, -0.1) is 0 Å². The third kappa shape index (κ3) is 5.17. The minimum atomic E-state index is 0.141. The number of nitrogens with one attached hydrogen (secondary N) is 2. The van der Waals surface area contributed by atoms with Crippen LogP contribution in [0.2, 0.25) is 5.02 Å². The summed E-state index contributed by atoms with van der Waals surface area (Å²) < 4.78 is 5.52. The number of ether oxygens (including phenoxy) is 1. The van der Waals surface area contributed by atoms with Crippen LogP contribution >= 0.6 is 23.8 Å². The summed E-state index contributed by atoms with van der Waals surface area (Å²) in [5.41, 5.74) is 2.20. The molecule has 1 saturated heterocycles. The topological polar surface area (TPSA) is 36.5 Å². The van der Waals surface area contributed by atoms with Crippen LogP contribution in [-0.4, -0.2) is 42.4 Å². The standard InChI is InChI=1S/C20H24ClN3OS/c1-15(22-20(26)23-18-9-7-17(21)8-10-18)19(16-5-3-2-4-6-16)24-11-13-25-14-12-24/h2-10,15,19H,11-14H2,1H3,(H2,22,23,26)/t15-,19-/m1/s1. The molecule has 0 aliphatic carbocycles. The maximum atomic E-state index is 5.94. The van der Waals surface area contributed by atoms with E-state index in [1.54, 1.807) is 0 Å². The Morgan fingerprint density at radius 2 is 1.73 bits per heavy atom. The highest BCUT2D eigenvalue weighted by atomic mass is 35.5. The number of benzene rings is 2. The minimum absolute atomic E-state index is 0.141. The summed E-state index contributed by atoms with van der Waals surface area (Å²) in [6.45, 7) is 5.54. The van der Waals surface area contributed by atoms with Crippen molar-refractivity contribution in [3.8, 4) is 0 Å². The lowest BCUT2D eigenvalue weighted by molar-refractivity contribution is 0.0102. The maximum absolute atomic E-state index is 5.94. The van der Waals surface area contributed by atoms with Gasteiger partial charge < -0.3 is 15.4 Å². The molecular formula is C20H24ClN3OS. The third-order valence-corrected chi connectivity index (χ3v) is 4.99. The van der Waals surface area contributed by atoms with Crippen molar-refractivity contribution in [1.82, 2.24) is 10.2 Å². The highest BCUT2D eigenvalue weighted by molar-refractivity contribution is 7.80. The summed E-state index contributed by atoms with van der Waals surface area (Å²) in [7, 11) is 0. The Bertz CT molecular complexity index is 705. The summed E-state index contributed by atoms with van der Waals surface area (Å²) in [6, 6.07) is 18.4. The van der Waals surface area contributed by atoms with Gasteiger partial charge in [-0.05, 0) is 49.0 Å². The lowest BCUT2D eigenvalue weighted by atomic mass is 9.98. The van der Waals surface area contributed by atoms with E-state index in [2.05, 4.69) is 46.7 Å². The summed E-state index contributed by atoms with van der Waals surface area (Å²) >= 11 is 11.5. The van der Waals surface area contributed by atoms with Crippen LogP contribution in [-0.2, 0) is 4.74 Å². The minimum Gasteiger partial charge on any atom is -0.379 e. The quantitative estimate of drug-likeness (QED) is 0.753. The highest BCUT2D eigenvalue weighted by Gasteiger charge is 2.28. The van der Waals surface area contributed by atoms with Gasteiger partial charge in [-0.1, -0.05) is 41.9 Å². The number of morpholine rings is 1. The van der Waals surface area contributed by atoms with Crippen LogP contribution in [0.5, 0.6) is 0 Å². The Labute approximate surface area is 165 Å². The molecular weight excluding hydrogens is 366 g/mol. The van der Waals surface area contributed by atoms with E-state index in [-0.39, 0.29) is 12.1 Å². The van der Waals surface area contributed by atoms with E-state index in [4.69, 9.17) is 28.6 Å². The number of thiocarbonyl (C=S) groups is 1. The van der Waals surface area contributed by atoms with Gasteiger partial charge in [0.25, 0.3) is 0 Å². The lowest BCUT2D eigenvalue weighted by Crippen LogP contribution is -2.49. The first-order valence-corrected chi connectivity index (χ1v) is 9.62. The molecule has 0 amide bonds. The Hall–Kier alpha value is -1.66. The zero-order valence-electron chi connectivity index (χ0n) is 14.8. The largest absolute Gasteiger partial charge is 0.379 e. The first kappa shape index (κ1) is 19.1. The maximum Gasteiger partial charge on any atom is 0.171 e. The highest BCUT2D eigenvalue weighted by Crippen LogP contribution is 2.25. The fourth-order valence-electron chi connectivity index (χ4n) is 3.31. The van der Waals surface area contributed by atoms with Crippen LogP contribution < -0.4 is 10.6 Å². The van der Waals surface area contributed by atoms with Gasteiger partial charge in [0.2, 0.25) is 0 Å². The molecule has 0 spiro atoms. The van der Waals surface area contributed by atoms with Crippen LogP contribution in [0.25, 0.3) is 0 Å². The van der Waals surface area contributed by atoms with Crippen molar-refractivity contribution in [3.63, 3.8) is 0 Å². The monoisotopic (exact) mass is 389 g/mol. The van der Waals surface area contributed by atoms with Crippen molar-refractivity contribution < 1.29 is 4.74 Å². The van der Waals surface area contributed by atoms with E-state index in [1.807, 2.05) is 30.3 Å². The van der Waals surface area contributed by atoms with Gasteiger partial charge in [0.1, 0.15) is 0 Å². The van der Waals surface area contributed by atoms with Crippen LogP contribution in [0.3, 0.4) is 0 Å². The second-order valence-electron chi connectivity index (χ2n) is 6.40. The van der Waals surface area contributed by atoms with Crippen molar-refractivity contribution in [2.75, 3.05) is 31.6 Å². The molecule has 4 nitrogen and oxygen atoms in total. The Morgan fingerprint density at radius 1 is 1.08 bits per heavy atom. The first-order valence-electron chi connectivity index (χ1n) is 8.83. The molecule has 138 valence electrons. The second kappa shape index (κ2) is 9.33. The molecule has 1 fully saturated rings. The van der Waals surface area contributed by atoms with E-state index in [9.17, 15) is 0 Å². The zero-order valence-corrected chi connectivity index (χ0v) is 16.4. The Morgan fingerprint density at radius 3 is 2.38 bits per heavy atom. The molecule has 26 heavy (non-hydrogen) atoms. The van der Waals surface area contributed by atoms with Gasteiger partial charge in [-0.25, -0.2) is 0 Å². The normalized spacial score (nSPS) is 17.3. The van der Waals surface area contributed by atoms with Crippen molar-refractivity contribution in [1.29, 1.82) is 0 Å². The lowest BCUT2D eigenvalue weighted by Gasteiger charge is -2.38. The van der Waals surface area contributed by atoms with E-state index in [0.717, 1.165) is 32.0 Å². The molecule has 2 aromatic carbocycles. The van der Waals surface area contributed by atoms with Gasteiger partial charge in [0.05, 0.1) is 19.3 Å². The second-order valence-corrected chi connectivity index (χ2v) is 7.24. The molecule has 0 bridgehead atoms. The van der Waals surface area contributed by atoms with Gasteiger partial charge in [0, 0.05) is 29.8 Å². The number of rotatable bonds is 5. The predicted molar refractivity (Wildman–Crippen MR) is 112 cm³/mol. The predicted octanol–water partition coefficient (Wildman–Crippen LogP) is 4.09. The molecule has 0 unspecified atom stereocenters. The molecule has 2 atom stereocenters. The van der Waals surface area contributed by atoms with Crippen LogP contribution in [0, 0.1) is 0 Å². The number of anilines is 1. The van der Waals surface area contributed by atoms with Crippen LogP contribution in [0.4, 0.5) is 5.69 Å². The van der Waals surface area contributed by atoms with Gasteiger partial charge in [-0.3, -0.25) is 4.90 Å². The smallest absolute Gasteiger partial charge is 0.171 e. The molecule has 1 heterocycles. The molecule has 1 aliphatic rings. The SMILES string of the molecule is C[C@@H](NC(=S)Nc1ccc(Cl)cc1)[C@H](c1ccccc1)N1CCOCC1. The van der Waals surface area contributed by atoms with Crippen molar-refractivity contribution in [3.05, 3.63) is 65.2 Å². The molecule has 0 saturated carbocycles. The number of halogens is 1. The first-order chi connectivity index (χ1) is 12.6. The number of hydrogen-bond donors (Lipinski definition) is 2. The summed E-state index contributed by atoms with van der Waals surface area (Å²) in [6.07, 6.45) is 0. The number of nitrogens with zero attached hydrogens (tertiary/aromatic N) is 1. The van der Waals surface area contributed by atoms with Crippen LogP contribution in [0.1, 0.15) is 18.5 Å². The molecule has 1 aliphatic heterocycles. The third-order valence-electron chi connectivity index (χ3n) is 4.51. The van der Waals surface area contributed by atoms with Crippen LogP contribution in [0.15, 0.2) is 54.6 Å². The Balaban J connectivity index is 1.69. The molecule has 6 heteroatoms.